The molecule has 0 aliphatic carbocycles. The molecule has 1 aromatic rings. The molecule has 0 radical (unpaired) electrons. The van der Waals surface area contributed by atoms with Gasteiger partial charge in [-0.3, -0.25) is 14.4 Å². The van der Waals surface area contributed by atoms with E-state index >= 15 is 0 Å². The number of carbonyl (C=O) groups excluding carboxylic acids is 3. The van der Waals surface area contributed by atoms with Crippen molar-refractivity contribution in [3.63, 3.8) is 0 Å². The summed E-state index contributed by atoms with van der Waals surface area (Å²) in [6.07, 6.45) is 1.23. The Balaban J connectivity index is 1.74. The van der Waals surface area contributed by atoms with Gasteiger partial charge in [-0.2, -0.15) is 0 Å². The lowest BCUT2D eigenvalue weighted by Crippen LogP contribution is -2.62. The molecule has 3 N–H and O–H groups in total. The maximum Gasteiger partial charge on any atom is 0.246 e. The summed E-state index contributed by atoms with van der Waals surface area (Å²) >= 11 is 0. The summed E-state index contributed by atoms with van der Waals surface area (Å²) in [6.45, 7) is 18.3. The summed E-state index contributed by atoms with van der Waals surface area (Å²) in [4.78, 5) is 44.1. The fraction of sp³-hybridized carbons (Fsp3) is 0.719. The monoisotopic (exact) mass is 555 g/mol. The van der Waals surface area contributed by atoms with Crippen LogP contribution in [0.3, 0.4) is 0 Å². The van der Waals surface area contributed by atoms with E-state index in [1.54, 1.807) is 4.90 Å². The first-order chi connectivity index (χ1) is 18.5. The maximum atomic E-state index is 14.4. The molecule has 4 rings (SSSR count). The Hall–Kier alpha value is -2.45. The zero-order chi connectivity index (χ0) is 29.8. The highest BCUT2D eigenvalue weighted by molar-refractivity contribution is 5.99. The number of amides is 3. The zero-order valence-corrected chi connectivity index (χ0v) is 25.7. The van der Waals surface area contributed by atoms with Gasteiger partial charge in [-0.05, 0) is 56.4 Å². The Kier molecular flexibility index (Phi) is 7.95. The van der Waals surface area contributed by atoms with Crippen LogP contribution in [0.1, 0.15) is 80.7 Å². The molecular weight excluding hydrogens is 506 g/mol. The molecule has 3 unspecified atom stereocenters. The third kappa shape index (κ3) is 5.18. The number of ether oxygens (including phenoxy) is 1. The molecule has 40 heavy (non-hydrogen) atoms. The Morgan fingerprint density at radius 2 is 1.75 bits per heavy atom. The van der Waals surface area contributed by atoms with Crippen molar-refractivity contribution in [2.75, 3.05) is 6.61 Å². The Labute approximate surface area is 239 Å². The largest absolute Gasteiger partial charge is 0.394 e. The molecule has 1 aromatic carbocycles. The minimum Gasteiger partial charge on any atom is -0.394 e. The third-order valence-electron chi connectivity index (χ3n) is 9.34. The highest BCUT2D eigenvalue weighted by Crippen LogP contribution is 2.65. The van der Waals surface area contributed by atoms with Gasteiger partial charge in [0.15, 0.2) is 0 Å². The number of hydrogen-bond acceptors (Lipinski definition) is 5. The van der Waals surface area contributed by atoms with E-state index in [0.29, 0.717) is 13.0 Å². The van der Waals surface area contributed by atoms with Crippen molar-refractivity contribution in [2.24, 2.45) is 29.1 Å². The number of nitrogens with zero attached hydrogens (tertiary/aromatic N) is 1. The highest BCUT2D eigenvalue weighted by Gasteiger charge is 2.80. The van der Waals surface area contributed by atoms with Crippen LogP contribution in [-0.4, -0.2) is 63.2 Å². The third-order valence-corrected chi connectivity index (χ3v) is 9.34. The van der Waals surface area contributed by atoms with Crippen molar-refractivity contribution in [3.05, 3.63) is 35.9 Å². The van der Waals surface area contributed by atoms with Gasteiger partial charge in [0.1, 0.15) is 11.6 Å². The SMILES string of the molecule is CC(C)[C@H](CO)N1C(=O)[C@@H]2[C@H](C(=O)NCc3ccccc3)[C@@]3(C)OC2(CC3C)C1C(=O)NC(C)(C)CC(C)(C)C. The molecule has 7 atom stereocenters. The van der Waals surface area contributed by atoms with Crippen molar-refractivity contribution in [1.29, 1.82) is 0 Å². The van der Waals surface area contributed by atoms with Gasteiger partial charge in [0, 0.05) is 12.1 Å². The fourth-order valence-corrected chi connectivity index (χ4v) is 8.02. The molecule has 3 fully saturated rings. The highest BCUT2D eigenvalue weighted by atomic mass is 16.5. The number of fused-ring (bicyclic) bond motifs is 1. The molecule has 3 heterocycles. The quantitative estimate of drug-likeness (QED) is 0.431. The van der Waals surface area contributed by atoms with Crippen LogP contribution in [0.25, 0.3) is 0 Å². The van der Waals surface area contributed by atoms with Crippen LogP contribution < -0.4 is 10.6 Å². The Bertz CT molecular complexity index is 1130. The molecule has 3 aliphatic rings. The summed E-state index contributed by atoms with van der Waals surface area (Å²) in [7, 11) is 0. The van der Waals surface area contributed by atoms with Crippen molar-refractivity contribution >= 4 is 17.7 Å². The van der Waals surface area contributed by atoms with Crippen molar-refractivity contribution in [3.8, 4) is 0 Å². The minimum atomic E-state index is -1.15. The molecule has 2 bridgehead atoms. The summed E-state index contributed by atoms with van der Waals surface area (Å²) < 4.78 is 6.83. The van der Waals surface area contributed by atoms with Crippen LogP contribution >= 0.6 is 0 Å². The van der Waals surface area contributed by atoms with Gasteiger partial charge in [0.2, 0.25) is 17.7 Å². The van der Waals surface area contributed by atoms with Crippen LogP contribution in [-0.2, 0) is 25.7 Å². The normalized spacial score (nSPS) is 32.4. The van der Waals surface area contributed by atoms with Crippen LogP contribution in [0.4, 0.5) is 0 Å². The predicted octanol–water partition coefficient (Wildman–Crippen LogP) is 3.66. The van der Waals surface area contributed by atoms with E-state index in [2.05, 4.69) is 31.4 Å². The number of benzene rings is 1. The molecule has 3 amide bonds. The van der Waals surface area contributed by atoms with E-state index in [0.717, 1.165) is 12.0 Å². The van der Waals surface area contributed by atoms with E-state index < -0.39 is 40.7 Å². The van der Waals surface area contributed by atoms with Gasteiger partial charge >= 0.3 is 0 Å². The standard InChI is InChI=1S/C32H49N3O5/c1-19(2)22(17-36)35-25(27(38)34-30(7,8)18-29(4,5)6)32-15-20(3)31(9,40-32)23(24(32)28(35)39)26(37)33-16-21-13-11-10-12-14-21/h10-14,19-20,22-25,36H,15-18H2,1-9H3,(H,33,37)(H,34,38)/t20?,22-,23+,24-,25?,31-,32?/m0/s1. The minimum absolute atomic E-state index is 0.0272. The topological polar surface area (TPSA) is 108 Å². The molecule has 3 saturated heterocycles. The molecule has 1 spiro atoms. The number of hydrogen-bond donors (Lipinski definition) is 3. The summed E-state index contributed by atoms with van der Waals surface area (Å²) in [6, 6.07) is 8.13. The molecule has 8 nitrogen and oxygen atoms in total. The van der Waals surface area contributed by atoms with Gasteiger partial charge in [-0.1, -0.05) is 71.9 Å². The maximum absolute atomic E-state index is 14.4. The number of nitrogens with one attached hydrogen (secondary N) is 2. The first-order valence-electron chi connectivity index (χ1n) is 14.7. The van der Waals surface area contributed by atoms with Gasteiger partial charge in [-0.25, -0.2) is 0 Å². The van der Waals surface area contributed by atoms with Crippen molar-refractivity contribution < 1.29 is 24.2 Å². The molecule has 0 aromatic heterocycles. The molecule has 3 aliphatic heterocycles. The number of aliphatic hydroxyl groups is 1. The first kappa shape index (κ1) is 30.5. The van der Waals surface area contributed by atoms with Gasteiger partial charge < -0.3 is 25.4 Å². The lowest BCUT2D eigenvalue weighted by molar-refractivity contribution is -0.152. The van der Waals surface area contributed by atoms with E-state index in [1.807, 2.05) is 71.9 Å². The second kappa shape index (κ2) is 10.4. The average molecular weight is 556 g/mol. The molecule has 8 heteroatoms. The Morgan fingerprint density at radius 3 is 2.30 bits per heavy atom. The van der Waals surface area contributed by atoms with Crippen molar-refractivity contribution in [1.82, 2.24) is 15.5 Å². The van der Waals surface area contributed by atoms with Gasteiger partial charge in [0.05, 0.1) is 30.1 Å². The lowest BCUT2D eigenvalue weighted by Gasteiger charge is -2.41. The summed E-state index contributed by atoms with van der Waals surface area (Å²) in [5, 5.41) is 16.7. The van der Waals surface area contributed by atoms with E-state index in [1.165, 1.54) is 0 Å². The van der Waals surface area contributed by atoms with Crippen LogP contribution in [0.15, 0.2) is 30.3 Å². The molecule has 222 valence electrons. The second-order valence-corrected chi connectivity index (χ2v) is 14.8. The number of carbonyl (C=O) groups is 3. The molecular formula is C32H49N3O5. The Morgan fingerprint density at radius 1 is 1.12 bits per heavy atom. The van der Waals surface area contributed by atoms with Crippen LogP contribution in [0.2, 0.25) is 0 Å². The van der Waals surface area contributed by atoms with Crippen molar-refractivity contribution in [2.45, 2.75) is 111 Å². The smallest absolute Gasteiger partial charge is 0.246 e. The first-order valence-corrected chi connectivity index (χ1v) is 14.7. The number of aliphatic hydroxyl groups excluding tert-OH is 1. The zero-order valence-electron chi connectivity index (χ0n) is 25.7. The second-order valence-electron chi connectivity index (χ2n) is 14.8. The average Bonchev–Trinajstić information content (AvgIpc) is 3.33. The number of likely N-dealkylation sites (tertiary alicyclic amines) is 1. The van der Waals surface area contributed by atoms with Gasteiger partial charge in [-0.15, -0.1) is 0 Å². The fourth-order valence-electron chi connectivity index (χ4n) is 8.02. The molecule has 0 saturated carbocycles. The van der Waals surface area contributed by atoms with E-state index in [9.17, 15) is 19.5 Å². The predicted molar refractivity (Wildman–Crippen MR) is 154 cm³/mol. The van der Waals surface area contributed by atoms with Crippen LogP contribution in [0.5, 0.6) is 0 Å². The van der Waals surface area contributed by atoms with Gasteiger partial charge in [0.25, 0.3) is 0 Å². The summed E-state index contributed by atoms with van der Waals surface area (Å²) in [5.41, 5.74) is -1.64. The number of rotatable bonds is 9. The van der Waals surface area contributed by atoms with E-state index in [-0.39, 0.29) is 41.6 Å². The summed E-state index contributed by atoms with van der Waals surface area (Å²) in [5.74, 6) is -2.51. The lowest BCUT2D eigenvalue weighted by atomic mass is 9.62. The van der Waals surface area contributed by atoms with Crippen LogP contribution in [0, 0.1) is 29.1 Å². The van der Waals surface area contributed by atoms with E-state index in [4.69, 9.17) is 4.74 Å².